The first kappa shape index (κ1) is 12.9. The number of aliphatic hydroxyl groups is 1. The zero-order valence-corrected chi connectivity index (χ0v) is 10.5. The molecule has 0 aliphatic carbocycles. The van der Waals surface area contributed by atoms with Crippen molar-refractivity contribution in [3.05, 3.63) is 23.8 Å². The first-order valence-electron chi connectivity index (χ1n) is 6.11. The first-order valence-corrected chi connectivity index (χ1v) is 6.11. The molecule has 1 heterocycles. The molecule has 0 spiro atoms. The summed E-state index contributed by atoms with van der Waals surface area (Å²) in [6, 6.07) is 5.66. The molecule has 0 radical (unpaired) electrons. The van der Waals surface area contributed by atoms with Crippen LogP contribution in [0.1, 0.15) is 12.0 Å². The molecule has 1 aliphatic rings. The van der Waals surface area contributed by atoms with Crippen LogP contribution in [-0.2, 0) is 11.2 Å². The second-order valence-corrected chi connectivity index (χ2v) is 4.62. The van der Waals surface area contributed by atoms with E-state index in [0.717, 1.165) is 17.8 Å². The van der Waals surface area contributed by atoms with Crippen LogP contribution in [0.5, 0.6) is 0 Å². The molecule has 5 nitrogen and oxygen atoms in total. The van der Waals surface area contributed by atoms with Crippen molar-refractivity contribution in [1.82, 2.24) is 0 Å². The van der Waals surface area contributed by atoms with Crippen molar-refractivity contribution < 1.29 is 9.90 Å². The van der Waals surface area contributed by atoms with Crippen LogP contribution in [-0.4, -0.2) is 37.3 Å². The van der Waals surface area contributed by atoms with Crippen molar-refractivity contribution in [1.29, 1.82) is 0 Å². The van der Waals surface area contributed by atoms with E-state index in [1.165, 1.54) is 5.56 Å². The summed E-state index contributed by atoms with van der Waals surface area (Å²) in [5.74, 6) is 0.158. The summed E-state index contributed by atoms with van der Waals surface area (Å²) in [5, 5.41) is 12.0. The molecule has 0 aromatic heterocycles. The molecule has 5 heteroatoms. The van der Waals surface area contributed by atoms with E-state index < -0.39 is 0 Å². The highest BCUT2D eigenvalue weighted by Gasteiger charge is 2.20. The molecule has 1 atom stereocenters. The number of aryl methyl sites for hydroxylation is 1. The van der Waals surface area contributed by atoms with Gasteiger partial charge in [0, 0.05) is 37.4 Å². The number of hydrogen-bond donors (Lipinski definition) is 3. The van der Waals surface area contributed by atoms with Crippen LogP contribution in [0.4, 0.5) is 11.4 Å². The lowest BCUT2D eigenvalue weighted by Gasteiger charge is -2.26. The van der Waals surface area contributed by atoms with E-state index >= 15 is 0 Å². The van der Waals surface area contributed by atoms with Crippen molar-refractivity contribution in [2.45, 2.75) is 18.9 Å². The Bertz CT molecular complexity index is 448. The minimum atomic E-state index is -0.259. The van der Waals surface area contributed by atoms with E-state index in [9.17, 15) is 4.79 Å². The van der Waals surface area contributed by atoms with Gasteiger partial charge in [0.15, 0.2) is 0 Å². The average Bonchev–Trinajstić information content (AvgIpc) is 2.40. The summed E-state index contributed by atoms with van der Waals surface area (Å²) in [4.78, 5) is 13.3. The second-order valence-electron chi connectivity index (χ2n) is 4.62. The largest absolute Gasteiger partial charge is 0.395 e. The highest BCUT2D eigenvalue weighted by atomic mass is 16.3. The maximum atomic E-state index is 11.6. The molecule has 1 amide bonds. The van der Waals surface area contributed by atoms with Crippen molar-refractivity contribution in [2.24, 2.45) is 5.73 Å². The van der Waals surface area contributed by atoms with Gasteiger partial charge in [-0.1, -0.05) is 0 Å². The van der Waals surface area contributed by atoms with Gasteiger partial charge in [0.2, 0.25) is 5.91 Å². The van der Waals surface area contributed by atoms with Gasteiger partial charge in [-0.15, -0.1) is 0 Å². The average molecular weight is 249 g/mol. The molecule has 0 fully saturated rings. The number of nitrogens with two attached hydrogens (primary N) is 1. The Balaban J connectivity index is 2.10. The Labute approximate surface area is 107 Å². The lowest BCUT2D eigenvalue weighted by Crippen LogP contribution is -2.33. The first-order chi connectivity index (χ1) is 8.61. The van der Waals surface area contributed by atoms with Gasteiger partial charge < -0.3 is 21.1 Å². The van der Waals surface area contributed by atoms with Crippen molar-refractivity contribution in [3.8, 4) is 0 Å². The second kappa shape index (κ2) is 5.37. The van der Waals surface area contributed by atoms with E-state index in [0.29, 0.717) is 13.0 Å². The summed E-state index contributed by atoms with van der Waals surface area (Å²) >= 11 is 0. The van der Waals surface area contributed by atoms with Crippen LogP contribution in [0.15, 0.2) is 18.2 Å². The molecule has 0 saturated carbocycles. The number of hydrogen-bond acceptors (Lipinski definition) is 4. The van der Waals surface area contributed by atoms with Gasteiger partial charge in [0.25, 0.3) is 0 Å². The standard InChI is InChI=1S/C13H19N3O2/c1-16-12-4-3-11(15-7-10(14)8-17)6-9(12)2-5-13(16)18/h3-4,6,10,15,17H,2,5,7-8,14H2,1H3. The zero-order chi connectivity index (χ0) is 13.1. The van der Waals surface area contributed by atoms with Crippen LogP contribution in [0, 0.1) is 0 Å². The number of nitrogens with zero attached hydrogens (tertiary/aromatic N) is 1. The molecule has 1 unspecified atom stereocenters. The molecule has 0 bridgehead atoms. The van der Waals surface area contributed by atoms with Crippen LogP contribution in [0.3, 0.4) is 0 Å². The topological polar surface area (TPSA) is 78.6 Å². The Hall–Kier alpha value is -1.59. The molecule has 2 rings (SSSR count). The molecule has 1 aromatic rings. The summed E-state index contributed by atoms with van der Waals surface area (Å²) < 4.78 is 0. The molecule has 0 saturated heterocycles. The Morgan fingerprint density at radius 3 is 3.00 bits per heavy atom. The Morgan fingerprint density at radius 2 is 2.28 bits per heavy atom. The number of benzene rings is 1. The summed E-state index contributed by atoms with van der Waals surface area (Å²) in [6.45, 7) is 0.499. The van der Waals surface area contributed by atoms with Gasteiger partial charge in [-0.3, -0.25) is 4.79 Å². The van der Waals surface area contributed by atoms with Gasteiger partial charge in [-0.05, 0) is 30.2 Å². The molecule has 98 valence electrons. The van der Waals surface area contributed by atoms with Crippen LogP contribution in [0.25, 0.3) is 0 Å². The van der Waals surface area contributed by atoms with Crippen LogP contribution < -0.4 is 16.0 Å². The number of amides is 1. The fourth-order valence-electron chi connectivity index (χ4n) is 2.08. The monoisotopic (exact) mass is 249 g/mol. The summed E-state index contributed by atoms with van der Waals surface area (Å²) in [5.41, 5.74) is 8.75. The number of anilines is 2. The quantitative estimate of drug-likeness (QED) is 0.718. The van der Waals surface area contributed by atoms with Gasteiger partial charge in [0.05, 0.1) is 6.61 Å². The van der Waals surface area contributed by atoms with Crippen LogP contribution >= 0.6 is 0 Å². The summed E-state index contributed by atoms with van der Waals surface area (Å²) in [6.07, 6.45) is 1.34. The SMILES string of the molecule is CN1C(=O)CCc2cc(NCC(N)CO)ccc21. The highest BCUT2D eigenvalue weighted by molar-refractivity contribution is 5.96. The Kier molecular flexibility index (Phi) is 3.84. The van der Waals surface area contributed by atoms with Crippen molar-refractivity contribution in [2.75, 3.05) is 30.4 Å². The van der Waals surface area contributed by atoms with Gasteiger partial charge in [-0.2, -0.15) is 0 Å². The van der Waals surface area contributed by atoms with Gasteiger partial charge in [-0.25, -0.2) is 0 Å². The van der Waals surface area contributed by atoms with E-state index in [4.69, 9.17) is 10.8 Å². The smallest absolute Gasteiger partial charge is 0.227 e. The third-order valence-electron chi connectivity index (χ3n) is 3.23. The number of carbonyl (C=O) groups is 1. The molecule has 1 aromatic carbocycles. The maximum Gasteiger partial charge on any atom is 0.227 e. The lowest BCUT2D eigenvalue weighted by molar-refractivity contribution is -0.118. The lowest BCUT2D eigenvalue weighted by atomic mass is 10.0. The van der Waals surface area contributed by atoms with E-state index in [1.54, 1.807) is 11.9 Å². The fourth-order valence-corrected chi connectivity index (χ4v) is 2.08. The Morgan fingerprint density at radius 1 is 1.50 bits per heavy atom. The minimum Gasteiger partial charge on any atom is -0.395 e. The highest BCUT2D eigenvalue weighted by Crippen LogP contribution is 2.29. The molecular weight excluding hydrogens is 230 g/mol. The predicted octanol–water partition coefficient (Wildman–Crippen LogP) is 0.327. The van der Waals surface area contributed by atoms with E-state index in [1.807, 2.05) is 18.2 Å². The number of aliphatic hydroxyl groups excluding tert-OH is 1. The third kappa shape index (κ3) is 2.63. The van der Waals surface area contributed by atoms with Gasteiger partial charge in [0.1, 0.15) is 0 Å². The number of nitrogens with one attached hydrogen (secondary N) is 1. The maximum absolute atomic E-state index is 11.6. The van der Waals surface area contributed by atoms with Gasteiger partial charge >= 0.3 is 0 Å². The molecule has 1 aliphatic heterocycles. The van der Waals surface area contributed by atoms with Crippen molar-refractivity contribution in [3.63, 3.8) is 0 Å². The number of fused-ring (bicyclic) bond motifs is 1. The minimum absolute atomic E-state index is 0.0326. The third-order valence-corrected chi connectivity index (χ3v) is 3.23. The predicted molar refractivity (Wildman–Crippen MR) is 71.7 cm³/mol. The number of carbonyl (C=O) groups excluding carboxylic acids is 1. The van der Waals surface area contributed by atoms with Crippen LogP contribution in [0.2, 0.25) is 0 Å². The fraction of sp³-hybridized carbons (Fsp3) is 0.462. The molecule has 4 N–H and O–H groups in total. The molecule has 18 heavy (non-hydrogen) atoms. The number of rotatable bonds is 4. The zero-order valence-electron chi connectivity index (χ0n) is 10.5. The van der Waals surface area contributed by atoms with E-state index in [2.05, 4.69) is 5.32 Å². The summed E-state index contributed by atoms with van der Waals surface area (Å²) in [7, 11) is 1.80. The van der Waals surface area contributed by atoms with E-state index in [-0.39, 0.29) is 18.6 Å². The normalized spacial score (nSPS) is 16.4. The van der Waals surface area contributed by atoms with Crippen molar-refractivity contribution >= 4 is 17.3 Å². The molecular formula is C13H19N3O2.